The van der Waals surface area contributed by atoms with E-state index in [-0.39, 0.29) is 37.6 Å². The van der Waals surface area contributed by atoms with E-state index in [0.717, 1.165) is 5.56 Å². The molecule has 0 spiro atoms. The Balaban J connectivity index is 3.26. The first-order valence-corrected chi connectivity index (χ1v) is 15.6. The summed E-state index contributed by atoms with van der Waals surface area (Å²) in [4.78, 5) is 78.1. The fraction of sp³-hybridized carbons (Fsp3) is 0.588. The fourth-order valence-electron chi connectivity index (χ4n) is 4.99. The van der Waals surface area contributed by atoms with Crippen molar-refractivity contribution in [1.82, 2.24) is 20.4 Å². The molecule has 1 rings (SSSR count). The van der Waals surface area contributed by atoms with E-state index in [4.69, 9.17) is 15.2 Å². The summed E-state index contributed by atoms with van der Waals surface area (Å²) in [6.07, 6.45) is -0.319. The number of carbonyl (C=O) groups is 6. The van der Waals surface area contributed by atoms with Crippen molar-refractivity contribution < 1.29 is 43.0 Å². The monoisotopic (exact) mass is 675 g/mol. The molecule has 1 aromatic rings. The highest BCUT2D eigenvalue weighted by atomic mass is 16.6. The van der Waals surface area contributed by atoms with Gasteiger partial charge < -0.3 is 35.5 Å². The fourth-order valence-corrected chi connectivity index (χ4v) is 4.99. The number of hydrogen-bond acceptors (Lipinski definition) is 10. The SMILES string of the molecule is C/C(=C\[C@H](C(C)C)N(C)C(=O)[C@@H](NC(=O)[C@@H](N(C)C(=O)OCc1ccc(N)cc1)C(C)(C)C)C(C)(C)C)C(=O)NC(COC=O)OC=O. The van der Waals surface area contributed by atoms with Crippen LogP contribution in [0.1, 0.15) is 67.9 Å². The lowest BCUT2D eigenvalue weighted by molar-refractivity contribution is -0.146. The van der Waals surface area contributed by atoms with Gasteiger partial charge in [-0.25, -0.2) is 4.79 Å². The molecule has 0 aliphatic rings. The topological polar surface area (TPSA) is 187 Å². The Kier molecular flexibility index (Phi) is 15.6. The van der Waals surface area contributed by atoms with Crippen LogP contribution in [-0.2, 0) is 44.8 Å². The molecule has 0 aliphatic heterocycles. The lowest BCUT2D eigenvalue weighted by atomic mass is 9.82. The van der Waals surface area contributed by atoms with Gasteiger partial charge in [-0.05, 0) is 41.4 Å². The largest absolute Gasteiger partial charge is 0.462 e. The summed E-state index contributed by atoms with van der Waals surface area (Å²) in [6.45, 7) is 16.0. The number of amides is 4. The van der Waals surface area contributed by atoms with Gasteiger partial charge in [0.1, 0.15) is 25.3 Å². The summed E-state index contributed by atoms with van der Waals surface area (Å²) in [5.74, 6) is -1.73. The molecular formula is C34H53N5O9. The van der Waals surface area contributed by atoms with E-state index in [2.05, 4.69) is 15.4 Å². The number of hydrogen-bond donors (Lipinski definition) is 3. The highest BCUT2D eigenvalue weighted by Crippen LogP contribution is 2.28. The van der Waals surface area contributed by atoms with E-state index in [1.54, 1.807) is 37.4 Å². The zero-order chi connectivity index (χ0) is 37.0. The Morgan fingerprint density at radius 3 is 1.96 bits per heavy atom. The summed E-state index contributed by atoms with van der Waals surface area (Å²) in [6, 6.07) is 4.26. The zero-order valence-corrected chi connectivity index (χ0v) is 30.0. The van der Waals surface area contributed by atoms with Gasteiger partial charge in [-0.15, -0.1) is 0 Å². The highest BCUT2D eigenvalue weighted by molar-refractivity contribution is 5.94. The first-order chi connectivity index (χ1) is 22.1. The van der Waals surface area contributed by atoms with E-state index >= 15 is 0 Å². The summed E-state index contributed by atoms with van der Waals surface area (Å²) in [7, 11) is 3.06. The predicted octanol–water partition coefficient (Wildman–Crippen LogP) is 3.00. The average molecular weight is 676 g/mol. The molecule has 4 N–H and O–H groups in total. The number of carbonyl (C=O) groups excluding carboxylic acids is 6. The summed E-state index contributed by atoms with van der Waals surface area (Å²) in [5, 5.41) is 5.36. The zero-order valence-electron chi connectivity index (χ0n) is 30.0. The van der Waals surface area contributed by atoms with Crippen molar-refractivity contribution in [1.29, 1.82) is 0 Å². The van der Waals surface area contributed by atoms with Gasteiger partial charge in [0, 0.05) is 25.4 Å². The van der Waals surface area contributed by atoms with Crippen LogP contribution in [0.4, 0.5) is 10.5 Å². The minimum absolute atomic E-state index is 0.0192. The van der Waals surface area contributed by atoms with E-state index in [9.17, 15) is 28.8 Å². The molecule has 0 fully saturated rings. The van der Waals surface area contributed by atoms with Crippen molar-refractivity contribution in [2.24, 2.45) is 16.7 Å². The number of nitrogens with one attached hydrogen (secondary N) is 2. The Bertz CT molecular complexity index is 1300. The van der Waals surface area contributed by atoms with Crippen LogP contribution in [-0.4, -0.2) is 91.6 Å². The molecular weight excluding hydrogens is 622 g/mol. The number of rotatable bonds is 16. The molecule has 1 aromatic carbocycles. The summed E-state index contributed by atoms with van der Waals surface area (Å²) in [5.41, 5.74) is 5.75. The number of benzene rings is 1. The number of likely N-dealkylation sites (N-methyl/N-ethyl adjacent to an activating group) is 2. The Morgan fingerprint density at radius 2 is 1.48 bits per heavy atom. The van der Waals surface area contributed by atoms with Crippen LogP contribution in [0, 0.1) is 16.7 Å². The maximum Gasteiger partial charge on any atom is 0.410 e. The molecule has 14 heteroatoms. The number of anilines is 1. The van der Waals surface area contributed by atoms with Gasteiger partial charge in [0.25, 0.3) is 12.9 Å². The van der Waals surface area contributed by atoms with Gasteiger partial charge in [0.2, 0.25) is 23.9 Å². The van der Waals surface area contributed by atoms with Gasteiger partial charge >= 0.3 is 6.09 Å². The van der Waals surface area contributed by atoms with Gasteiger partial charge in [-0.2, -0.15) is 0 Å². The average Bonchev–Trinajstić information content (AvgIpc) is 2.98. The third kappa shape index (κ3) is 12.5. The van der Waals surface area contributed by atoms with Crippen molar-refractivity contribution in [2.75, 3.05) is 26.4 Å². The first kappa shape index (κ1) is 41.4. The number of nitrogens with two attached hydrogens (primary N) is 1. The van der Waals surface area contributed by atoms with Crippen LogP contribution in [0.5, 0.6) is 0 Å². The maximum absolute atomic E-state index is 14.1. The van der Waals surface area contributed by atoms with E-state index in [0.29, 0.717) is 5.69 Å². The normalized spacial score (nSPS) is 14.5. The molecule has 4 amide bonds. The lowest BCUT2D eigenvalue weighted by Gasteiger charge is -2.40. The van der Waals surface area contributed by atoms with Crippen LogP contribution in [0.3, 0.4) is 0 Å². The third-order valence-corrected chi connectivity index (χ3v) is 7.57. The first-order valence-electron chi connectivity index (χ1n) is 15.6. The van der Waals surface area contributed by atoms with Gasteiger partial charge in [0.15, 0.2) is 0 Å². The molecule has 268 valence electrons. The standard InChI is InChI=1S/C34H53N5O9/c1-21(2)25(16-22(3)29(42)36-26(48-20-41)18-46-19-40)38(10)31(44)27(33(4,5)6)37-30(43)28(34(7,8)9)39(11)32(45)47-17-23-12-14-24(35)15-13-23/h12-16,19-21,25-28H,17-18,35H2,1-11H3,(H,36,42)(H,37,43)/b22-16+/t25-,26?,27-,28-/m1/s1. The molecule has 0 heterocycles. The molecule has 0 saturated heterocycles. The van der Waals surface area contributed by atoms with Gasteiger partial charge in [-0.3, -0.25) is 28.9 Å². The van der Waals surface area contributed by atoms with Crippen LogP contribution < -0.4 is 16.4 Å². The quantitative estimate of drug-likeness (QED) is 0.0773. The number of nitrogens with zero attached hydrogens (tertiary/aromatic N) is 2. The minimum Gasteiger partial charge on any atom is -0.462 e. The Morgan fingerprint density at radius 1 is 0.896 bits per heavy atom. The van der Waals surface area contributed by atoms with Gasteiger partial charge in [0.05, 0.1) is 6.04 Å². The van der Waals surface area contributed by atoms with E-state index in [1.807, 2.05) is 55.4 Å². The van der Waals surface area contributed by atoms with Crippen LogP contribution in [0.15, 0.2) is 35.9 Å². The third-order valence-electron chi connectivity index (χ3n) is 7.57. The molecule has 1 unspecified atom stereocenters. The second kappa shape index (κ2) is 18.1. The molecule has 4 atom stereocenters. The molecule has 14 nitrogen and oxygen atoms in total. The van der Waals surface area contributed by atoms with Gasteiger partial charge in [-0.1, -0.05) is 73.6 Å². The van der Waals surface area contributed by atoms with Crippen molar-refractivity contribution in [3.63, 3.8) is 0 Å². The highest BCUT2D eigenvalue weighted by Gasteiger charge is 2.43. The second-order valence-corrected chi connectivity index (χ2v) is 14.1. The van der Waals surface area contributed by atoms with Crippen molar-refractivity contribution in [3.05, 3.63) is 41.5 Å². The second-order valence-electron chi connectivity index (χ2n) is 14.1. The van der Waals surface area contributed by atoms with Crippen LogP contribution in [0.2, 0.25) is 0 Å². The van der Waals surface area contributed by atoms with Crippen molar-refractivity contribution >= 4 is 42.4 Å². The van der Waals surface area contributed by atoms with Crippen molar-refractivity contribution in [3.8, 4) is 0 Å². The summed E-state index contributed by atoms with van der Waals surface area (Å²) < 4.78 is 14.8. The molecule has 0 aliphatic carbocycles. The smallest absolute Gasteiger partial charge is 0.410 e. The van der Waals surface area contributed by atoms with Crippen LogP contribution in [0.25, 0.3) is 0 Å². The molecule has 0 aromatic heterocycles. The van der Waals surface area contributed by atoms with Crippen molar-refractivity contribution in [2.45, 2.75) is 93.3 Å². The molecule has 0 radical (unpaired) electrons. The number of ether oxygens (including phenoxy) is 3. The van der Waals surface area contributed by atoms with Crippen LogP contribution >= 0.6 is 0 Å². The van der Waals surface area contributed by atoms with E-state index < -0.39 is 59.0 Å². The molecule has 48 heavy (non-hydrogen) atoms. The number of nitrogen functional groups attached to an aromatic ring is 1. The van der Waals surface area contributed by atoms with E-state index in [1.165, 1.54) is 23.8 Å². The Hall–Kier alpha value is -4.62. The molecule has 0 bridgehead atoms. The lowest BCUT2D eigenvalue weighted by Crippen LogP contribution is -2.61. The molecule has 0 saturated carbocycles. The predicted molar refractivity (Wildman–Crippen MR) is 180 cm³/mol. The minimum atomic E-state index is -1.20. The summed E-state index contributed by atoms with van der Waals surface area (Å²) >= 11 is 0. The Labute approximate surface area is 283 Å². The maximum atomic E-state index is 14.1.